The number of fused-ring (bicyclic) bond motifs is 4. The van der Waals surface area contributed by atoms with Crippen molar-refractivity contribution < 1.29 is 0 Å². The Morgan fingerprint density at radius 3 is 1.63 bits per heavy atom. The molecule has 0 bridgehead atoms. The molecule has 186 valence electrons. The average Bonchev–Trinajstić information content (AvgIpc) is 2.92. The fraction of sp³-hybridized carbons (Fsp3) is 0.189. The van der Waals surface area contributed by atoms with E-state index in [1.807, 2.05) is 0 Å². The second-order valence-corrected chi connectivity index (χ2v) is 16.4. The van der Waals surface area contributed by atoms with Gasteiger partial charge in [0.15, 0.2) is 0 Å². The Labute approximate surface area is 227 Å². The van der Waals surface area contributed by atoms with Crippen molar-refractivity contribution in [3.05, 3.63) is 120 Å². The zero-order chi connectivity index (χ0) is 26.3. The van der Waals surface area contributed by atoms with Gasteiger partial charge >= 0.3 is 0 Å². The van der Waals surface area contributed by atoms with E-state index >= 15 is 0 Å². The van der Waals surface area contributed by atoms with E-state index in [2.05, 4.69) is 148 Å². The Kier molecular flexibility index (Phi) is 6.30. The fourth-order valence-electron chi connectivity index (χ4n) is 6.10. The van der Waals surface area contributed by atoms with Gasteiger partial charge in [0, 0.05) is 5.56 Å². The molecule has 0 saturated carbocycles. The van der Waals surface area contributed by atoms with Crippen LogP contribution in [-0.4, -0.2) is 8.07 Å². The molecule has 0 nitrogen and oxygen atoms in total. The maximum absolute atomic E-state index is 3.98. The van der Waals surface area contributed by atoms with Gasteiger partial charge in [0.1, 0.15) is 8.07 Å². The predicted molar refractivity (Wildman–Crippen MR) is 169 cm³/mol. The molecule has 0 amide bonds. The van der Waals surface area contributed by atoms with E-state index in [0.717, 1.165) is 11.6 Å². The molecule has 0 aliphatic heterocycles. The maximum Gasteiger partial charge on any atom is 0.148 e. The van der Waals surface area contributed by atoms with Crippen LogP contribution in [0.2, 0.25) is 11.1 Å². The van der Waals surface area contributed by atoms with Gasteiger partial charge < -0.3 is 0 Å². The Morgan fingerprint density at radius 2 is 1.03 bits per heavy atom. The summed E-state index contributed by atoms with van der Waals surface area (Å²) in [6.45, 7) is 9.54. The highest BCUT2D eigenvalue weighted by Crippen LogP contribution is 2.36. The lowest BCUT2D eigenvalue weighted by Crippen LogP contribution is -2.43. The van der Waals surface area contributed by atoms with E-state index in [-0.39, 0.29) is 0 Å². The lowest BCUT2D eigenvalue weighted by atomic mass is 9.96. The van der Waals surface area contributed by atoms with Gasteiger partial charge in [0.2, 0.25) is 0 Å². The molecular formula is C37H34Si. The summed E-state index contributed by atoms with van der Waals surface area (Å²) in [7, 11) is -1.94. The standard InChI is InChI=1S/C37H34Si/c1-26(2)38(27(3)4,25-28-11-6-5-7-12-28)18-17-29-15-10-16-32-21-35-22-33-19-30-13-8-9-14-31(30)20-34(33)23-36(35)24-37(29)32/h5-16,19-24,26-27H,25H2,1-4H3. The van der Waals surface area contributed by atoms with Crippen LogP contribution < -0.4 is 0 Å². The molecule has 0 fully saturated rings. The Morgan fingerprint density at radius 1 is 0.526 bits per heavy atom. The highest BCUT2D eigenvalue weighted by atomic mass is 28.3. The number of hydrogen-bond donors (Lipinski definition) is 0. The molecule has 0 heterocycles. The Hall–Kier alpha value is -3.86. The third-order valence-electron chi connectivity index (χ3n) is 8.49. The molecule has 0 atom stereocenters. The molecule has 0 N–H and O–H groups in total. The Bertz CT molecular complexity index is 1840. The van der Waals surface area contributed by atoms with Crippen molar-refractivity contribution in [3.63, 3.8) is 0 Å². The molecule has 0 aliphatic rings. The van der Waals surface area contributed by atoms with Crippen molar-refractivity contribution in [1.29, 1.82) is 0 Å². The van der Waals surface area contributed by atoms with Crippen LogP contribution >= 0.6 is 0 Å². The van der Waals surface area contributed by atoms with E-state index in [9.17, 15) is 0 Å². The van der Waals surface area contributed by atoms with Gasteiger partial charge in [-0.25, -0.2) is 0 Å². The maximum atomic E-state index is 3.98. The largest absolute Gasteiger partial charge is 0.148 e. The van der Waals surface area contributed by atoms with E-state index in [1.54, 1.807) is 0 Å². The van der Waals surface area contributed by atoms with Crippen LogP contribution in [0.25, 0.3) is 43.1 Å². The topological polar surface area (TPSA) is 0 Å². The van der Waals surface area contributed by atoms with Gasteiger partial charge in [-0.2, -0.15) is 0 Å². The monoisotopic (exact) mass is 506 g/mol. The normalized spacial score (nSPS) is 12.1. The SMILES string of the molecule is CC(C)[Si](C#Cc1cccc2cc3cc4cc5ccccc5cc4cc3cc12)(Cc1ccccc1)C(C)C. The minimum absolute atomic E-state index is 0.576. The van der Waals surface area contributed by atoms with Crippen molar-refractivity contribution in [3.8, 4) is 11.5 Å². The third kappa shape index (κ3) is 4.40. The molecule has 6 aromatic rings. The fourth-order valence-corrected chi connectivity index (χ4v) is 10.2. The summed E-state index contributed by atoms with van der Waals surface area (Å²) in [5.74, 6) is 3.75. The minimum atomic E-state index is -1.94. The van der Waals surface area contributed by atoms with Gasteiger partial charge in [-0.05, 0) is 108 Å². The third-order valence-corrected chi connectivity index (χ3v) is 14.2. The number of benzene rings is 6. The summed E-state index contributed by atoms with van der Waals surface area (Å²) in [5.41, 5.74) is 7.69. The summed E-state index contributed by atoms with van der Waals surface area (Å²) in [4.78, 5) is 0. The average molecular weight is 507 g/mol. The van der Waals surface area contributed by atoms with Gasteiger partial charge in [0.25, 0.3) is 0 Å². The van der Waals surface area contributed by atoms with Crippen molar-refractivity contribution in [2.24, 2.45) is 0 Å². The minimum Gasteiger partial charge on any atom is -0.125 e. The van der Waals surface area contributed by atoms with E-state index in [1.165, 1.54) is 48.7 Å². The van der Waals surface area contributed by atoms with Crippen molar-refractivity contribution in [2.45, 2.75) is 44.8 Å². The van der Waals surface area contributed by atoms with Crippen LogP contribution in [-0.2, 0) is 6.04 Å². The van der Waals surface area contributed by atoms with Crippen LogP contribution in [0.3, 0.4) is 0 Å². The highest BCUT2D eigenvalue weighted by Gasteiger charge is 2.38. The molecule has 0 aliphatic carbocycles. The number of rotatable bonds is 4. The molecule has 6 rings (SSSR count). The van der Waals surface area contributed by atoms with E-state index < -0.39 is 8.07 Å². The lowest BCUT2D eigenvalue weighted by molar-refractivity contribution is 0.895. The van der Waals surface area contributed by atoms with Crippen LogP contribution in [0.5, 0.6) is 0 Å². The highest BCUT2D eigenvalue weighted by molar-refractivity contribution is 6.89. The van der Waals surface area contributed by atoms with Gasteiger partial charge in [-0.15, -0.1) is 5.54 Å². The summed E-state index contributed by atoms with van der Waals surface area (Å²) in [6.07, 6.45) is 0. The van der Waals surface area contributed by atoms with E-state index in [4.69, 9.17) is 0 Å². The molecular weight excluding hydrogens is 472 g/mol. The first kappa shape index (κ1) is 24.5. The lowest BCUT2D eigenvalue weighted by Gasteiger charge is -2.34. The predicted octanol–water partition coefficient (Wildman–Crippen LogP) is 10.2. The first-order valence-electron chi connectivity index (χ1n) is 13.8. The zero-order valence-corrected chi connectivity index (χ0v) is 23.8. The van der Waals surface area contributed by atoms with Crippen molar-refractivity contribution in [2.75, 3.05) is 0 Å². The van der Waals surface area contributed by atoms with Crippen molar-refractivity contribution >= 4 is 51.2 Å². The Balaban J connectivity index is 1.50. The second-order valence-electron chi connectivity index (χ2n) is 11.4. The quantitative estimate of drug-likeness (QED) is 0.127. The van der Waals surface area contributed by atoms with Crippen LogP contribution in [0.4, 0.5) is 0 Å². The molecule has 38 heavy (non-hydrogen) atoms. The number of hydrogen-bond acceptors (Lipinski definition) is 0. The first-order chi connectivity index (χ1) is 18.4. The summed E-state index contributed by atoms with van der Waals surface area (Å²) in [5, 5.41) is 10.2. The molecule has 0 radical (unpaired) electrons. The second kappa shape index (κ2) is 9.79. The van der Waals surface area contributed by atoms with Crippen LogP contribution in [0.1, 0.15) is 38.8 Å². The summed E-state index contributed by atoms with van der Waals surface area (Å²) < 4.78 is 0. The van der Waals surface area contributed by atoms with Gasteiger partial charge in [0.05, 0.1) is 0 Å². The summed E-state index contributed by atoms with van der Waals surface area (Å²) in [6, 6.07) is 41.3. The zero-order valence-electron chi connectivity index (χ0n) is 22.8. The van der Waals surface area contributed by atoms with Gasteiger partial charge in [-0.3, -0.25) is 0 Å². The molecule has 0 unspecified atom stereocenters. The molecule has 0 saturated heterocycles. The smallest absolute Gasteiger partial charge is 0.125 e. The van der Waals surface area contributed by atoms with Crippen LogP contribution in [0, 0.1) is 11.5 Å². The molecule has 6 aromatic carbocycles. The molecule has 0 aromatic heterocycles. The molecule has 1 heteroatoms. The van der Waals surface area contributed by atoms with E-state index in [0.29, 0.717) is 11.1 Å². The molecule has 0 spiro atoms. The first-order valence-corrected chi connectivity index (χ1v) is 16.2. The van der Waals surface area contributed by atoms with Gasteiger partial charge in [-0.1, -0.05) is 100 Å². The van der Waals surface area contributed by atoms with Crippen LogP contribution in [0.15, 0.2) is 109 Å². The van der Waals surface area contributed by atoms with Crippen molar-refractivity contribution in [1.82, 2.24) is 0 Å². The summed E-state index contributed by atoms with van der Waals surface area (Å²) >= 11 is 0.